The van der Waals surface area contributed by atoms with Gasteiger partial charge < -0.3 is 35.2 Å². The van der Waals surface area contributed by atoms with E-state index in [2.05, 4.69) is 6.92 Å². The molecule has 0 aromatic heterocycles. The van der Waals surface area contributed by atoms with Crippen molar-refractivity contribution in [3.05, 3.63) is 0 Å². The topological polar surface area (TPSA) is 131 Å². The van der Waals surface area contributed by atoms with E-state index in [1.807, 2.05) is 0 Å². The maximum absolute atomic E-state index is 11.9. The number of ether oxygens (including phenoxy) is 1. The van der Waals surface area contributed by atoms with Gasteiger partial charge in [-0.1, -0.05) is 103 Å². The first kappa shape index (κ1) is 35.2. The van der Waals surface area contributed by atoms with Crippen LogP contribution in [-0.2, 0) is 9.53 Å². The lowest BCUT2D eigenvalue weighted by atomic mass is 10.0. The summed E-state index contributed by atoms with van der Waals surface area (Å²) in [7, 11) is 1.67. The molecule has 0 aliphatic heterocycles. The number of nitrogens with zero attached hydrogens (tertiary/aromatic N) is 1. The van der Waals surface area contributed by atoms with Crippen LogP contribution in [-0.4, -0.2) is 94.2 Å². The van der Waals surface area contributed by atoms with Gasteiger partial charge in [-0.25, -0.2) is 0 Å². The minimum absolute atomic E-state index is 0.00276. The Morgan fingerprint density at radius 1 is 0.694 bits per heavy atom. The molecule has 36 heavy (non-hydrogen) atoms. The molecule has 0 amide bonds. The molecule has 216 valence electrons. The Morgan fingerprint density at radius 2 is 1.11 bits per heavy atom. The van der Waals surface area contributed by atoms with Crippen molar-refractivity contribution in [3.63, 3.8) is 0 Å². The third-order valence-corrected chi connectivity index (χ3v) is 6.78. The molecule has 0 saturated heterocycles. The van der Waals surface area contributed by atoms with Gasteiger partial charge >= 0.3 is 5.97 Å². The third-order valence-electron chi connectivity index (χ3n) is 6.78. The monoisotopic (exact) mass is 519 g/mol. The quantitative estimate of drug-likeness (QED) is 0.0866. The molecule has 0 aliphatic rings. The first-order chi connectivity index (χ1) is 17.3. The zero-order valence-electron chi connectivity index (χ0n) is 23.2. The number of aliphatic hydroxyl groups excluding tert-OH is 5. The van der Waals surface area contributed by atoms with Gasteiger partial charge in [-0.2, -0.15) is 0 Å². The van der Waals surface area contributed by atoms with Crippen LogP contribution in [0.2, 0.25) is 0 Å². The molecule has 0 rings (SSSR count). The number of carbonyl (C=O) groups is 1. The predicted molar refractivity (Wildman–Crippen MR) is 144 cm³/mol. The molecule has 0 aromatic carbocycles. The smallest absolute Gasteiger partial charge is 0.307 e. The molecule has 0 radical (unpaired) electrons. The van der Waals surface area contributed by atoms with E-state index < -0.39 is 31.0 Å². The minimum Gasteiger partial charge on any atom is -0.466 e. The number of hydrogen-bond donors (Lipinski definition) is 5. The van der Waals surface area contributed by atoms with Crippen LogP contribution in [0.15, 0.2) is 0 Å². The zero-order valence-corrected chi connectivity index (χ0v) is 23.2. The molecule has 8 heteroatoms. The molecule has 0 saturated carbocycles. The number of hydrogen-bond acceptors (Lipinski definition) is 8. The van der Waals surface area contributed by atoms with E-state index in [0.29, 0.717) is 13.2 Å². The van der Waals surface area contributed by atoms with Gasteiger partial charge in [0.05, 0.1) is 25.7 Å². The number of aliphatic hydroxyl groups is 5. The van der Waals surface area contributed by atoms with E-state index in [4.69, 9.17) is 9.84 Å². The van der Waals surface area contributed by atoms with Crippen LogP contribution in [0.3, 0.4) is 0 Å². The SMILES string of the molecule is CCCCCCCCCCCCCCCCCCOC(=O)CCN(C)C[C@H](O)[C@@H](O)[C@H](O)[C@H](O)CO. The fourth-order valence-electron chi connectivity index (χ4n) is 4.27. The molecule has 0 bridgehead atoms. The summed E-state index contributed by atoms with van der Waals surface area (Å²) in [5.41, 5.74) is 0. The Balaban J connectivity index is 3.52. The molecule has 0 heterocycles. The summed E-state index contributed by atoms with van der Waals surface area (Å²) in [5, 5.41) is 47.6. The highest BCUT2D eigenvalue weighted by Crippen LogP contribution is 2.14. The number of likely N-dealkylation sites (N-methyl/N-ethyl adjacent to an activating group) is 1. The van der Waals surface area contributed by atoms with Crippen molar-refractivity contribution in [2.45, 2.75) is 140 Å². The van der Waals surface area contributed by atoms with Crippen molar-refractivity contribution in [3.8, 4) is 0 Å². The van der Waals surface area contributed by atoms with Crippen molar-refractivity contribution in [2.24, 2.45) is 0 Å². The predicted octanol–water partition coefficient (Wildman–Crippen LogP) is 3.55. The maximum Gasteiger partial charge on any atom is 0.307 e. The highest BCUT2D eigenvalue weighted by atomic mass is 16.5. The second-order valence-electron chi connectivity index (χ2n) is 10.3. The highest BCUT2D eigenvalue weighted by molar-refractivity contribution is 5.69. The molecule has 0 fully saturated rings. The lowest BCUT2D eigenvalue weighted by molar-refractivity contribution is -0.144. The van der Waals surface area contributed by atoms with Gasteiger partial charge in [-0.3, -0.25) is 4.79 Å². The molecule has 0 aromatic rings. The van der Waals surface area contributed by atoms with E-state index in [1.165, 1.54) is 89.9 Å². The first-order valence-electron chi connectivity index (χ1n) is 14.5. The number of carbonyl (C=O) groups excluding carboxylic acids is 1. The van der Waals surface area contributed by atoms with Crippen LogP contribution in [0.4, 0.5) is 0 Å². The van der Waals surface area contributed by atoms with Gasteiger partial charge in [0, 0.05) is 13.1 Å². The van der Waals surface area contributed by atoms with E-state index in [9.17, 15) is 25.2 Å². The molecular weight excluding hydrogens is 462 g/mol. The Bertz CT molecular complexity index is 495. The Hall–Kier alpha value is -0.770. The summed E-state index contributed by atoms with van der Waals surface area (Å²) in [4.78, 5) is 13.5. The Labute approximate surface area is 220 Å². The van der Waals surface area contributed by atoms with Gasteiger partial charge in [0.25, 0.3) is 0 Å². The zero-order chi connectivity index (χ0) is 27.0. The lowest BCUT2D eigenvalue weighted by Gasteiger charge is -2.28. The van der Waals surface area contributed by atoms with Gasteiger partial charge in [-0.05, 0) is 13.5 Å². The third kappa shape index (κ3) is 20.3. The van der Waals surface area contributed by atoms with E-state index >= 15 is 0 Å². The van der Waals surface area contributed by atoms with Gasteiger partial charge in [-0.15, -0.1) is 0 Å². The van der Waals surface area contributed by atoms with E-state index in [0.717, 1.165) is 12.8 Å². The molecule has 0 spiro atoms. The summed E-state index contributed by atoms with van der Waals surface area (Å²) in [6.45, 7) is 2.31. The fraction of sp³-hybridized carbons (Fsp3) is 0.964. The van der Waals surface area contributed by atoms with E-state index in [-0.39, 0.29) is 18.9 Å². The van der Waals surface area contributed by atoms with Crippen molar-refractivity contribution < 1.29 is 35.1 Å². The largest absolute Gasteiger partial charge is 0.466 e. The Morgan fingerprint density at radius 3 is 1.56 bits per heavy atom. The standard InChI is InChI=1S/C28H57NO7/c1-3-4-5-6-7-8-9-10-11-12-13-14-15-16-17-18-21-36-26(33)19-20-29(2)22-24(31)27(34)28(35)25(32)23-30/h24-25,27-28,30-32,34-35H,3-23H2,1-2H3/t24-,25+,27+,28+/m0/s1. The van der Waals surface area contributed by atoms with Crippen LogP contribution in [0.1, 0.15) is 116 Å². The summed E-state index contributed by atoms with van der Waals surface area (Å²) in [6.07, 6.45) is 14.9. The normalized spacial score (nSPS) is 15.1. The molecule has 8 nitrogen and oxygen atoms in total. The number of esters is 1. The molecule has 0 unspecified atom stereocenters. The van der Waals surface area contributed by atoms with Crippen molar-refractivity contribution in [1.82, 2.24) is 4.90 Å². The molecule has 5 N–H and O–H groups in total. The first-order valence-corrected chi connectivity index (χ1v) is 14.5. The van der Waals surface area contributed by atoms with Gasteiger partial charge in [0.1, 0.15) is 18.3 Å². The Kier molecular flexibility index (Phi) is 24.0. The minimum atomic E-state index is -1.65. The fourth-order valence-corrected chi connectivity index (χ4v) is 4.27. The van der Waals surface area contributed by atoms with Crippen molar-refractivity contribution in [2.75, 3.05) is 33.4 Å². The van der Waals surface area contributed by atoms with Gasteiger partial charge in [0.2, 0.25) is 0 Å². The highest BCUT2D eigenvalue weighted by Gasteiger charge is 2.30. The summed E-state index contributed by atoms with van der Waals surface area (Å²) >= 11 is 0. The number of rotatable bonds is 26. The van der Waals surface area contributed by atoms with Crippen LogP contribution < -0.4 is 0 Å². The number of unbranched alkanes of at least 4 members (excludes halogenated alkanes) is 15. The lowest BCUT2D eigenvalue weighted by Crippen LogP contribution is -2.49. The van der Waals surface area contributed by atoms with Crippen LogP contribution >= 0.6 is 0 Å². The average molecular weight is 520 g/mol. The summed E-state index contributed by atoms with van der Waals surface area (Å²) in [5.74, 6) is -0.298. The van der Waals surface area contributed by atoms with Crippen LogP contribution in [0.5, 0.6) is 0 Å². The molecule has 0 aliphatic carbocycles. The second-order valence-corrected chi connectivity index (χ2v) is 10.3. The van der Waals surface area contributed by atoms with Crippen LogP contribution in [0, 0.1) is 0 Å². The molecular formula is C28H57NO7. The van der Waals surface area contributed by atoms with Crippen molar-refractivity contribution >= 4 is 5.97 Å². The maximum atomic E-state index is 11.9. The van der Waals surface area contributed by atoms with E-state index in [1.54, 1.807) is 11.9 Å². The summed E-state index contributed by atoms with van der Waals surface area (Å²) in [6, 6.07) is 0. The average Bonchev–Trinajstić information content (AvgIpc) is 2.87. The van der Waals surface area contributed by atoms with Gasteiger partial charge in [0.15, 0.2) is 0 Å². The summed E-state index contributed by atoms with van der Waals surface area (Å²) < 4.78 is 5.27. The van der Waals surface area contributed by atoms with Crippen molar-refractivity contribution in [1.29, 1.82) is 0 Å². The molecule has 4 atom stereocenters. The van der Waals surface area contributed by atoms with Crippen LogP contribution in [0.25, 0.3) is 0 Å². The second kappa shape index (κ2) is 24.6.